The largest absolute Gasteiger partial charge is 0.504 e. The fourth-order valence-electron chi connectivity index (χ4n) is 2.51. The fraction of sp³-hybridized carbons (Fsp3) is 0.167. The molecule has 0 spiro atoms. The summed E-state index contributed by atoms with van der Waals surface area (Å²) in [5.41, 5.74) is 2.75. The van der Waals surface area contributed by atoms with Crippen molar-refractivity contribution in [3.05, 3.63) is 59.2 Å². The van der Waals surface area contributed by atoms with Crippen LogP contribution in [-0.2, 0) is 13.6 Å². The van der Waals surface area contributed by atoms with Gasteiger partial charge in [-0.05, 0) is 23.8 Å². The number of para-hydroxylation sites is 1. The van der Waals surface area contributed by atoms with Gasteiger partial charge in [-0.1, -0.05) is 35.9 Å². The van der Waals surface area contributed by atoms with Crippen molar-refractivity contribution in [2.45, 2.75) is 6.54 Å². The molecule has 1 aromatic heterocycles. The summed E-state index contributed by atoms with van der Waals surface area (Å²) in [6, 6.07) is 13.0. The Morgan fingerprint density at radius 2 is 1.96 bits per heavy atom. The van der Waals surface area contributed by atoms with Crippen LogP contribution in [0.5, 0.6) is 11.5 Å². The normalized spacial score (nSPS) is 10.6. The highest BCUT2D eigenvalue weighted by Crippen LogP contribution is 2.30. The third-order valence-electron chi connectivity index (χ3n) is 3.87. The number of aromatic nitrogens is 2. The Kier molecular flexibility index (Phi) is 4.62. The van der Waals surface area contributed by atoms with E-state index in [0.29, 0.717) is 23.3 Å². The van der Waals surface area contributed by atoms with E-state index in [1.54, 1.807) is 12.3 Å². The summed E-state index contributed by atoms with van der Waals surface area (Å²) in [6.07, 6.45) is 1.80. The lowest BCUT2D eigenvalue weighted by Gasteiger charge is -2.11. The van der Waals surface area contributed by atoms with Crippen molar-refractivity contribution in [2.75, 3.05) is 12.4 Å². The Morgan fingerprint density at radius 1 is 1.21 bits per heavy atom. The first-order valence-electron chi connectivity index (χ1n) is 7.46. The van der Waals surface area contributed by atoms with Gasteiger partial charge in [0.15, 0.2) is 11.5 Å². The number of halogens is 1. The number of imidazole rings is 1. The van der Waals surface area contributed by atoms with Crippen LogP contribution in [0.25, 0.3) is 11.3 Å². The zero-order valence-electron chi connectivity index (χ0n) is 13.5. The number of aromatic hydroxyl groups is 1. The van der Waals surface area contributed by atoms with E-state index in [-0.39, 0.29) is 5.75 Å². The van der Waals surface area contributed by atoms with Gasteiger partial charge in [0.1, 0.15) is 0 Å². The standard InChI is InChI=1S/C18H18ClN3O2/c1-22-15(12-6-8-14(19)9-7-12)11-21-18(22)20-10-13-4-3-5-16(24-2)17(13)23/h3-9,11,23H,10H2,1-2H3,(H,20,21). The molecule has 0 aliphatic carbocycles. The minimum Gasteiger partial charge on any atom is -0.504 e. The van der Waals surface area contributed by atoms with Crippen molar-refractivity contribution in [3.8, 4) is 22.8 Å². The molecule has 0 amide bonds. The topological polar surface area (TPSA) is 59.3 Å². The summed E-state index contributed by atoms with van der Waals surface area (Å²) < 4.78 is 7.08. The smallest absolute Gasteiger partial charge is 0.203 e. The minimum atomic E-state index is 0.139. The lowest BCUT2D eigenvalue weighted by atomic mass is 10.2. The lowest BCUT2D eigenvalue weighted by Crippen LogP contribution is -2.06. The Morgan fingerprint density at radius 3 is 2.67 bits per heavy atom. The molecule has 5 nitrogen and oxygen atoms in total. The van der Waals surface area contributed by atoms with Crippen molar-refractivity contribution < 1.29 is 9.84 Å². The summed E-state index contributed by atoms with van der Waals surface area (Å²) in [4.78, 5) is 4.41. The van der Waals surface area contributed by atoms with Gasteiger partial charge >= 0.3 is 0 Å². The van der Waals surface area contributed by atoms with E-state index < -0.39 is 0 Å². The molecule has 3 rings (SSSR count). The molecule has 0 radical (unpaired) electrons. The molecule has 0 bridgehead atoms. The number of phenols is 1. The SMILES string of the molecule is COc1cccc(CNc2ncc(-c3ccc(Cl)cc3)n2C)c1O. The van der Waals surface area contributed by atoms with Crippen molar-refractivity contribution in [3.63, 3.8) is 0 Å². The Balaban J connectivity index is 1.79. The van der Waals surface area contributed by atoms with E-state index >= 15 is 0 Å². The molecule has 2 N–H and O–H groups in total. The summed E-state index contributed by atoms with van der Waals surface area (Å²) in [5.74, 6) is 1.30. The monoisotopic (exact) mass is 343 g/mol. The molecule has 124 valence electrons. The summed E-state index contributed by atoms with van der Waals surface area (Å²) in [6.45, 7) is 0.438. The Labute approximate surface area is 145 Å². The van der Waals surface area contributed by atoms with E-state index in [0.717, 1.165) is 16.8 Å². The van der Waals surface area contributed by atoms with Gasteiger partial charge in [-0.25, -0.2) is 4.98 Å². The predicted molar refractivity (Wildman–Crippen MR) is 95.6 cm³/mol. The second kappa shape index (κ2) is 6.84. The summed E-state index contributed by atoms with van der Waals surface area (Å²) >= 11 is 5.93. The van der Waals surface area contributed by atoms with Crippen molar-refractivity contribution in [2.24, 2.45) is 7.05 Å². The number of anilines is 1. The highest BCUT2D eigenvalue weighted by atomic mass is 35.5. The zero-order chi connectivity index (χ0) is 17.1. The molecule has 0 fully saturated rings. The van der Waals surface area contributed by atoms with Crippen LogP contribution < -0.4 is 10.1 Å². The first-order valence-corrected chi connectivity index (χ1v) is 7.84. The maximum absolute atomic E-state index is 10.1. The highest BCUT2D eigenvalue weighted by Gasteiger charge is 2.11. The number of benzene rings is 2. The minimum absolute atomic E-state index is 0.139. The highest BCUT2D eigenvalue weighted by molar-refractivity contribution is 6.30. The molecule has 24 heavy (non-hydrogen) atoms. The van der Waals surface area contributed by atoms with Gasteiger partial charge in [0.25, 0.3) is 0 Å². The van der Waals surface area contributed by atoms with Gasteiger partial charge in [0.05, 0.1) is 19.0 Å². The van der Waals surface area contributed by atoms with Gasteiger partial charge in [-0.2, -0.15) is 0 Å². The average molecular weight is 344 g/mol. The molecular weight excluding hydrogens is 326 g/mol. The van der Waals surface area contributed by atoms with E-state index in [2.05, 4.69) is 10.3 Å². The number of hydrogen-bond acceptors (Lipinski definition) is 4. The quantitative estimate of drug-likeness (QED) is 0.733. The fourth-order valence-corrected chi connectivity index (χ4v) is 2.64. The molecule has 6 heteroatoms. The average Bonchev–Trinajstić information content (AvgIpc) is 2.95. The number of phenolic OH excluding ortho intramolecular Hbond substituents is 1. The van der Waals surface area contributed by atoms with E-state index in [1.165, 1.54) is 7.11 Å². The van der Waals surface area contributed by atoms with Crippen LogP contribution in [0.4, 0.5) is 5.95 Å². The molecule has 0 saturated carbocycles. The third-order valence-corrected chi connectivity index (χ3v) is 4.12. The molecule has 0 aliphatic heterocycles. The number of rotatable bonds is 5. The van der Waals surface area contributed by atoms with E-state index in [1.807, 2.05) is 48.0 Å². The molecule has 0 atom stereocenters. The number of hydrogen-bond donors (Lipinski definition) is 2. The van der Waals surface area contributed by atoms with Crippen LogP contribution >= 0.6 is 11.6 Å². The van der Waals surface area contributed by atoms with E-state index in [4.69, 9.17) is 16.3 Å². The number of ether oxygens (including phenoxy) is 1. The van der Waals surface area contributed by atoms with Crippen LogP contribution in [0.2, 0.25) is 5.02 Å². The van der Waals surface area contributed by atoms with Gasteiger partial charge in [-0.3, -0.25) is 0 Å². The molecule has 2 aromatic carbocycles. The molecule has 0 unspecified atom stereocenters. The van der Waals surface area contributed by atoms with Gasteiger partial charge in [0, 0.05) is 24.2 Å². The molecular formula is C18H18ClN3O2. The maximum atomic E-state index is 10.1. The first kappa shape index (κ1) is 16.2. The van der Waals surface area contributed by atoms with Crippen LogP contribution in [-0.4, -0.2) is 21.8 Å². The number of methoxy groups -OCH3 is 1. The second-order valence-corrected chi connectivity index (χ2v) is 5.79. The third kappa shape index (κ3) is 3.16. The molecule has 1 heterocycles. The van der Waals surface area contributed by atoms with Crippen LogP contribution in [0.3, 0.4) is 0 Å². The van der Waals surface area contributed by atoms with Gasteiger partial charge in [0.2, 0.25) is 5.95 Å². The second-order valence-electron chi connectivity index (χ2n) is 5.35. The van der Waals surface area contributed by atoms with Crippen molar-refractivity contribution >= 4 is 17.5 Å². The number of nitrogens with one attached hydrogen (secondary N) is 1. The first-order chi connectivity index (χ1) is 11.6. The van der Waals surface area contributed by atoms with Crippen LogP contribution in [0, 0.1) is 0 Å². The molecule has 3 aromatic rings. The van der Waals surface area contributed by atoms with Crippen molar-refractivity contribution in [1.82, 2.24) is 9.55 Å². The number of nitrogens with zero attached hydrogens (tertiary/aromatic N) is 2. The zero-order valence-corrected chi connectivity index (χ0v) is 14.2. The summed E-state index contributed by atoms with van der Waals surface area (Å²) in [7, 11) is 3.47. The van der Waals surface area contributed by atoms with Crippen molar-refractivity contribution in [1.29, 1.82) is 0 Å². The Hall–Kier alpha value is -2.66. The van der Waals surface area contributed by atoms with E-state index in [9.17, 15) is 5.11 Å². The van der Waals surface area contributed by atoms with Gasteiger partial charge in [-0.15, -0.1) is 0 Å². The van der Waals surface area contributed by atoms with Crippen LogP contribution in [0.1, 0.15) is 5.56 Å². The van der Waals surface area contributed by atoms with Gasteiger partial charge < -0.3 is 19.7 Å². The maximum Gasteiger partial charge on any atom is 0.203 e. The molecule has 0 aliphatic rings. The predicted octanol–water partition coefficient (Wildman–Crippen LogP) is 4.07. The Bertz CT molecular complexity index is 844. The van der Waals surface area contributed by atoms with Crippen LogP contribution in [0.15, 0.2) is 48.7 Å². The summed E-state index contributed by atoms with van der Waals surface area (Å²) in [5, 5.41) is 14.1. The lowest BCUT2D eigenvalue weighted by molar-refractivity contribution is 0.371. The molecule has 0 saturated heterocycles.